The highest BCUT2D eigenvalue weighted by Gasteiger charge is 2.09. The van der Waals surface area contributed by atoms with Crippen LogP contribution in [0.25, 0.3) is 0 Å². The molecule has 0 aliphatic carbocycles. The number of aromatic nitrogens is 1. The molecular formula is C16H17BrN2O2. The Morgan fingerprint density at radius 1 is 1.29 bits per heavy atom. The molecule has 2 aromatic rings. The Kier molecular flexibility index (Phi) is 5.33. The van der Waals surface area contributed by atoms with Crippen LogP contribution in [0.5, 0.6) is 0 Å². The number of carbonyl (C=O) groups excluding carboxylic acids is 1. The second-order valence-electron chi connectivity index (χ2n) is 4.57. The lowest BCUT2D eigenvalue weighted by Gasteiger charge is -2.15. The molecule has 0 spiro atoms. The SMILES string of the molecule is CCOC(=O)c1ccc(NC(C)c2ccc(Br)cc2)nc1. The van der Waals surface area contributed by atoms with E-state index < -0.39 is 0 Å². The lowest BCUT2D eigenvalue weighted by atomic mass is 10.1. The van der Waals surface area contributed by atoms with Gasteiger partial charge in [-0.1, -0.05) is 28.1 Å². The summed E-state index contributed by atoms with van der Waals surface area (Å²) in [6, 6.07) is 11.7. The van der Waals surface area contributed by atoms with Gasteiger partial charge in [-0.05, 0) is 43.7 Å². The predicted molar refractivity (Wildman–Crippen MR) is 86.4 cm³/mol. The van der Waals surface area contributed by atoms with E-state index in [1.54, 1.807) is 19.1 Å². The lowest BCUT2D eigenvalue weighted by Crippen LogP contribution is -2.09. The van der Waals surface area contributed by atoms with E-state index >= 15 is 0 Å². The standard InChI is InChI=1S/C16H17BrN2O2/c1-3-21-16(20)13-6-9-15(18-10-13)19-11(2)12-4-7-14(17)8-5-12/h4-11H,3H2,1-2H3,(H,18,19). The van der Waals surface area contributed by atoms with E-state index in [9.17, 15) is 4.79 Å². The fourth-order valence-electron chi connectivity index (χ4n) is 1.87. The van der Waals surface area contributed by atoms with Crippen molar-refractivity contribution < 1.29 is 9.53 Å². The van der Waals surface area contributed by atoms with Crippen LogP contribution in [0.15, 0.2) is 47.1 Å². The maximum absolute atomic E-state index is 11.5. The van der Waals surface area contributed by atoms with Gasteiger partial charge >= 0.3 is 5.97 Å². The molecule has 1 atom stereocenters. The zero-order valence-electron chi connectivity index (χ0n) is 12.0. The minimum Gasteiger partial charge on any atom is -0.462 e. The number of hydrogen-bond donors (Lipinski definition) is 1. The maximum atomic E-state index is 11.5. The quantitative estimate of drug-likeness (QED) is 0.823. The highest BCUT2D eigenvalue weighted by molar-refractivity contribution is 9.10. The molecule has 1 N–H and O–H groups in total. The largest absolute Gasteiger partial charge is 0.462 e. The van der Waals surface area contributed by atoms with Crippen LogP contribution in [0, 0.1) is 0 Å². The van der Waals surface area contributed by atoms with E-state index in [0.29, 0.717) is 12.2 Å². The van der Waals surface area contributed by atoms with Crippen LogP contribution in [0.3, 0.4) is 0 Å². The molecule has 4 nitrogen and oxygen atoms in total. The van der Waals surface area contributed by atoms with Crippen molar-refractivity contribution in [2.24, 2.45) is 0 Å². The first-order valence-corrected chi connectivity index (χ1v) is 7.54. The smallest absolute Gasteiger partial charge is 0.339 e. The van der Waals surface area contributed by atoms with E-state index in [0.717, 1.165) is 15.9 Å². The first-order valence-electron chi connectivity index (χ1n) is 6.75. The zero-order valence-corrected chi connectivity index (χ0v) is 13.6. The average Bonchev–Trinajstić information content (AvgIpc) is 2.49. The van der Waals surface area contributed by atoms with E-state index in [1.165, 1.54) is 6.20 Å². The summed E-state index contributed by atoms with van der Waals surface area (Å²) >= 11 is 3.42. The van der Waals surface area contributed by atoms with Crippen LogP contribution in [0.4, 0.5) is 5.82 Å². The second kappa shape index (κ2) is 7.22. The Bertz CT molecular complexity index is 597. The molecule has 1 unspecified atom stereocenters. The molecule has 110 valence electrons. The third kappa shape index (κ3) is 4.29. The minimum atomic E-state index is -0.350. The van der Waals surface area contributed by atoms with Crippen LogP contribution in [-0.2, 0) is 4.74 Å². The first-order chi connectivity index (χ1) is 10.1. The number of ether oxygens (including phenoxy) is 1. The molecule has 1 aromatic heterocycles. The summed E-state index contributed by atoms with van der Waals surface area (Å²) < 4.78 is 5.98. The van der Waals surface area contributed by atoms with Gasteiger partial charge in [-0.3, -0.25) is 0 Å². The van der Waals surface area contributed by atoms with Gasteiger partial charge in [-0.2, -0.15) is 0 Å². The van der Waals surface area contributed by atoms with Crippen molar-refractivity contribution in [3.05, 3.63) is 58.2 Å². The average molecular weight is 349 g/mol. The molecule has 5 heteroatoms. The summed E-state index contributed by atoms with van der Waals surface area (Å²) in [5.41, 5.74) is 1.62. The zero-order chi connectivity index (χ0) is 15.2. The number of halogens is 1. The summed E-state index contributed by atoms with van der Waals surface area (Å²) in [6.45, 7) is 4.20. The minimum absolute atomic E-state index is 0.124. The molecule has 0 bridgehead atoms. The fourth-order valence-corrected chi connectivity index (χ4v) is 2.14. The lowest BCUT2D eigenvalue weighted by molar-refractivity contribution is 0.0526. The van der Waals surface area contributed by atoms with Crippen molar-refractivity contribution in [2.45, 2.75) is 19.9 Å². The maximum Gasteiger partial charge on any atom is 0.339 e. The highest BCUT2D eigenvalue weighted by atomic mass is 79.9. The number of anilines is 1. The predicted octanol–water partition coefficient (Wildman–Crippen LogP) is 4.19. The number of carbonyl (C=O) groups is 1. The van der Waals surface area contributed by atoms with Crippen LogP contribution in [0.2, 0.25) is 0 Å². The molecule has 0 aliphatic rings. The van der Waals surface area contributed by atoms with E-state index in [2.05, 4.69) is 45.3 Å². The molecule has 1 aromatic carbocycles. The Morgan fingerprint density at radius 3 is 2.57 bits per heavy atom. The van der Waals surface area contributed by atoms with Crippen molar-refractivity contribution in [2.75, 3.05) is 11.9 Å². The molecule has 1 heterocycles. The van der Waals surface area contributed by atoms with Crippen LogP contribution in [-0.4, -0.2) is 17.6 Å². The first kappa shape index (κ1) is 15.5. The Morgan fingerprint density at radius 2 is 2.00 bits per heavy atom. The van der Waals surface area contributed by atoms with E-state index in [4.69, 9.17) is 4.74 Å². The van der Waals surface area contributed by atoms with E-state index in [1.807, 2.05) is 12.1 Å². The van der Waals surface area contributed by atoms with Crippen LogP contribution in [0.1, 0.15) is 35.8 Å². The number of rotatable bonds is 5. The third-order valence-corrected chi connectivity index (χ3v) is 3.54. The second-order valence-corrected chi connectivity index (χ2v) is 5.49. The number of hydrogen-bond acceptors (Lipinski definition) is 4. The van der Waals surface area contributed by atoms with Gasteiger partial charge in [-0.25, -0.2) is 9.78 Å². The Hall–Kier alpha value is -1.88. The van der Waals surface area contributed by atoms with Gasteiger partial charge in [0, 0.05) is 16.7 Å². The molecule has 0 amide bonds. The number of esters is 1. The molecule has 0 radical (unpaired) electrons. The highest BCUT2D eigenvalue weighted by Crippen LogP contribution is 2.20. The summed E-state index contributed by atoms with van der Waals surface area (Å²) in [6.07, 6.45) is 1.52. The summed E-state index contributed by atoms with van der Waals surface area (Å²) in [5, 5.41) is 3.30. The monoisotopic (exact) mass is 348 g/mol. The van der Waals surface area contributed by atoms with Crippen molar-refractivity contribution in [1.82, 2.24) is 4.98 Å². The summed E-state index contributed by atoms with van der Waals surface area (Å²) in [5.74, 6) is 0.371. The number of nitrogens with zero attached hydrogens (tertiary/aromatic N) is 1. The van der Waals surface area contributed by atoms with E-state index in [-0.39, 0.29) is 12.0 Å². The van der Waals surface area contributed by atoms with Crippen molar-refractivity contribution in [1.29, 1.82) is 0 Å². The van der Waals surface area contributed by atoms with Crippen LogP contribution >= 0.6 is 15.9 Å². The number of benzene rings is 1. The molecule has 0 saturated heterocycles. The normalized spacial score (nSPS) is 11.8. The van der Waals surface area contributed by atoms with Gasteiger partial charge in [0.25, 0.3) is 0 Å². The van der Waals surface area contributed by atoms with Gasteiger partial charge in [-0.15, -0.1) is 0 Å². The number of nitrogens with one attached hydrogen (secondary N) is 1. The Balaban J connectivity index is 2.02. The van der Waals surface area contributed by atoms with Gasteiger partial charge in [0.15, 0.2) is 0 Å². The fraction of sp³-hybridized carbons (Fsp3) is 0.250. The van der Waals surface area contributed by atoms with Gasteiger partial charge in [0.2, 0.25) is 0 Å². The third-order valence-electron chi connectivity index (χ3n) is 3.01. The summed E-state index contributed by atoms with van der Waals surface area (Å²) in [7, 11) is 0. The van der Waals surface area contributed by atoms with Crippen molar-refractivity contribution in [3.63, 3.8) is 0 Å². The molecule has 0 aliphatic heterocycles. The topological polar surface area (TPSA) is 51.2 Å². The van der Waals surface area contributed by atoms with Crippen molar-refractivity contribution in [3.8, 4) is 0 Å². The van der Waals surface area contributed by atoms with Gasteiger partial charge in [0.1, 0.15) is 5.82 Å². The number of pyridine rings is 1. The molecule has 2 rings (SSSR count). The molecular weight excluding hydrogens is 332 g/mol. The van der Waals surface area contributed by atoms with Gasteiger partial charge in [0.05, 0.1) is 12.2 Å². The van der Waals surface area contributed by atoms with Gasteiger partial charge < -0.3 is 10.1 Å². The summed E-state index contributed by atoms with van der Waals surface area (Å²) in [4.78, 5) is 15.8. The molecule has 21 heavy (non-hydrogen) atoms. The van der Waals surface area contributed by atoms with Crippen LogP contribution < -0.4 is 5.32 Å². The molecule has 0 fully saturated rings. The molecule has 0 saturated carbocycles. The Labute approximate surface area is 132 Å². The van der Waals surface area contributed by atoms with Crippen molar-refractivity contribution >= 4 is 27.7 Å².